The largest absolute Gasteiger partial charge is 0.573 e. The molecule has 0 N–H and O–H groups in total. The van der Waals surface area contributed by atoms with E-state index in [0.717, 1.165) is 30.7 Å². The van der Waals surface area contributed by atoms with Crippen LogP contribution in [-0.4, -0.2) is 25.8 Å². The van der Waals surface area contributed by atoms with Crippen LogP contribution in [0.15, 0.2) is 24.3 Å². The predicted molar refractivity (Wildman–Crippen MR) is 79.9 cm³/mol. The number of alkyl halides is 6. The van der Waals surface area contributed by atoms with Crippen molar-refractivity contribution in [3.8, 4) is 5.75 Å². The van der Waals surface area contributed by atoms with Crippen LogP contribution in [0, 0.1) is 0 Å². The van der Waals surface area contributed by atoms with E-state index in [1.165, 1.54) is 0 Å². The van der Waals surface area contributed by atoms with Crippen molar-refractivity contribution in [1.29, 1.82) is 0 Å². The van der Waals surface area contributed by atoms with Crippen molar-refractivity contribution >= 4 is 23.6 Å². The summed E-state index contributed by atoms with van der Waals surface area (Å²) < 4.78 is 87.3. The van der Waals surface area contributed by atoms with E-state index in [1.807, 2.05) is 6.92 Å². The molecule has 0 aromatic heterocycles. The van der Waals surface area contributed by atoms with Crippen molar-refractivity contribution < 1.29 is 40.1 Å². The molecular formula is C13H15F6O3PS. The second kappa shape index (κ2) is 8.51. The number of halogens is 6. The lowest BCUT2D eigenvalue weighted by atomic mass is 10.3. The zero-order chi connectivity index (χ0) is 18.4. The molecule has 0 radical (unpaired) electrons. The predicted octanol–water partition coefficient (Wildman–Crippen LogP) is 4.92. The van der Waals surface area contributed by atoms with Crippen LogP contribution < -0.4 is 10.0 Å². The zero-order valence-corrected chi connectivity index (χ0v) is 14.2. The van der Waals surface area contributed by atoms with Gasteiger partial charge in [0, 0.05) is 5.30 Å². The monoisotopic (exact) mass is 396 g/mol. The SMILES string of the molecule is CCCCOP(=S)(OCC(F)(F)F)c1ccc(OC(F)(F)F)cc1. The fourth-order valence-corrected chi connectivity index (χ4v) is 3.82. The highest BCUT2D eigenvalue weighted by atomic mass is 32.5. The third-order valence-electron chi connectivity index (χ3n) is 2.54. The Morgan fingerprint density at radius 3 is 2.04 bits per heavy atom. The van der Waals surface area contributed by atoms with Gasteiger partial charge in [-0.1, -0.05) is 13.3 Å². The van der Waals surface area contributed by atoms with Gasteiger partial charge in [-0.05, 0) is 42.5 Å². The Bertz CT molecular complexity index is 558. The molecule has 138 valence electrons. The minimum Gasteiger partial charge on any atom is -0.406 e. The second-order valence-corrected chi connectivity index (χ2v) is 8.08. The maximum Gasteiger partial charge on any atom is 0.573 e. The van der Waals surface area contributed by atoms with Gasteiger partial charge in [0.1, 0.15) is 5.75 Å². The van der Waals surface area contributed by atoms with Gasteiger partial charge < -0.3 is 13.8 Å². The summed E-state index contributed by atoms with van der Waals surface area (Å²) in [7, 11) is 0. The first-order valence-electron chi connectivity index (χ1n) is 6.77. The molecule has 0 aliphatic carbocycles. The Hall–Kier alpha value is -0.830. The van der Waals surface area contributed by atoms with E-state index in [-0.39, 0.29) is 11.9 Å². The highest BCUT2D eigenvalue weighted by Crippen LogP contribution is 2.49. The first-order chi connectivity index (χ1) is 11.0. The van der Waals surface area contributed by atoms with Gasteiger partial charge in [0.05, 0.1) is 6.61 Å². The molecule has 1 aromatic carbocycles. The van der Waals surface area contributed by atoms with Crippen LogP contribution in [0.25, 0.3) is 0 Å². The maximum atomic E-state index is 12.4. The minimum absolute atomic E-state index is 0.0763. The van der Waals surface area contributed by atoms with Crippen molar-refractivity contribution in [2.75, 3.05) is 13.2 Å². The number of benzene rings is 1. The third kappa shape index (κ3) is 7.83. The molecule has 1 rings (SSSR count). The molecule has 24 heavy (non-hydrogen) atoms. The summed E-state index contributed by atoms with van der Waals surface area (Å²) in [6.45, 7) is -3.15. The molecule has 0 spiro atoms. The van der Waals surface area contributed by atoms with Gasteiger partial charge in [-0.3, -0.25) is 0 Å². The zero-order valence-electron chi connectivity index (χ0n) is 12.5. The second-order valence-electron chi connectivity index (χ2n) is 4.61. The summed E-state index contributed by atoms with van der Waals surface area (Å²) in [6, 6.07) is 4.13. The standard InChI is InChI=1S/C13H15F6O3PS/c1-2-3-8-20-23(24,21-9-12(14,15)16)11-6-4-10(5-7-11)22-13(17,18)19/h4-7H,2-3,8-9H2,1H3. The van der Waals surface area contributed by atoms with E-state index in [2.05, 4.69) is 4.74 Å². The van der Waals surface area contributed by atoms with Crippen LogP contribution >= 0.6 is 6.49 Å². The van der Waals surface area contributed by atoms with Crippen molar-refractivity contribution in [3.05, 3.63) is 24.3 Å². The van der Waals surface area contributed by atoms with Crippen LogP contribution in [0.4, 0.5) is 26.3 Å². The number of hydrogen-bond donors (Lipinski definition) is 0. The lowest BCUT2D eigenvalue weighted by Gasteiger charge is -2.23. The van der Waals surface area contributed by atoms with Gasteiger partial charge in [-0.25, -0.2) is 0 Å². The fraction of sp³-hybridized carbons (Fsp3) is 0.538. The topological polar surface area (TPSA) is 27.7 Å². The first-order valence-corrected chi connectivity index (χ1v) is 9.41. The molecule has 1 atom stereocenters. The first kappa shape index (κ1) is 21.2. The number of hydrogen-bond acceptors (Lipinski definition) is 4. The molecule has 0 fully saturated rings. The average molecular weight is 396 g/mol. The molecule has 1 unspecified atom stereocenters. The summed E-state index contributed by atoms with van der Waals surface area (Å²) in [4.78, 5) is 0. The van der Waals surface area contributed by atoms with E-state index in [0.29, 0.717) is 6.42 Å². The third-order valence-corrected chi connectivity index (χ3v) is 5.73. The normalized spacial score (nSPS) is 15.1. The minimum atomic E-state index is -4.87. The van der Waals surface area contributed by atoms with Gasteiger partial charge in [0.25, 0.3) is 0 Å². The van der Waals surface area contributed by atoms with Crippen molar-refractivity contribution in [2.24, 2.45) is 0 Å². The van der Waals surface area contributed by atoms with Gasteiger partial charge in [0.15, 0.2) is 6.61 Å². The summed E-state index contributed by atoms with van der Waals surface area (Å²) in [6.07, 6.45) is -8.18. The van der Waals surface area contributed by atoms with Crippen molar-refractivity contribution in [3.63, 3.8) is 0 Å². The molecule has 0 bridgehead atoms. The Balaban J connectivity index is 2.94. The molecule has 11 heteroatoms. The molecule has 0 heterocycles. The van der Waals surface area contributed by atoms with E-state index >= 15 is 0 Å². The Morgan fingerprint density at radius 2 is 1.58 bits per heavy atom. The lowest BCUT2D eigenvalue weighted by molar-refractivity contribution is -0.274. The fourth-order valence-electron chi connectivity index (χ4n) is 1.50. The molecule has 0 saturated carbocycles. The Kier molecular flexibility index (Phi) is 7.52. The Morgan fingerprint density at radius 1 is 1.00 bits per heavy atom. The summed E-state index contributed by atoms with van der Waals surface area (Å²) in [5.74, 6) is -0.517. The average Bonchev–Trinajstić information content (AvgIpc) is 2.44. The highest BCUT2D eigenvalue weighted by molar-refractivity contribution is 8.13. The molecule has 0 amide bonds. The van der Waals surface area contributed by atoms with Crippen LogP contribution in [-0.2, 0) is 20.9 Å². The number of ether oxygens (including phenoxy) is 1. The molecular weight excluding hydrogens is 381 g/mol. The Labute approximate surface area is 140 Å². The van der Waals surface area contributed by atoms with Gasteiger partial charge in [0.2, 0.25) is 6.49 Å². The molecule has 0 aliphatic heterocycles. The maximum absolute atomic E-state index is 12.4. The molecule has 1 aromatic rings. The van der Waals surface area contributed by atoms with Crippen molar-refractivity contribution in [2.45, 2.75) is 32.3 Å². The van der Waals surface area contributed by atoms with Crippen LogP contribution in [0.5, 0.6) is 5.75 Å². The van der Waals surface area contributed by atoms with E-state index in [9.17, 15) is 26.3 Å². The van der Waals surface area contributed by atoms with E-state index < -0.39 is 31.4 Å². The number of unbranched alkanes of at least 4 members (excludes halogenated alkanes) is 1. The summed E-state index contributed by atoms with van der Waals surface area (Å²) in [5, 5.41) is 0.0763. The lowest BCUT2D eigenvalue weighted by Crippen LogP contribution is -2.20. The van der Waals surface area contributed by atoms with Gasteiger partial charge >= 0.3 is 12.5 Å². The summed E-state index contributed by atoms with van der Waals surface area (Å²) in [5.41, 5.74) is 0. The quantitative estimate of drug-likeness (QED) is 0.354. The van der Waals surface area contributed by atoms with Crippen molar-refractivity contribution in [1.82, 2.24) is 0 Å². The van der Waals surface area contributed by atoms with Crippen LogP contribution in [0.1, 0.15) is 19.8 Å². The van der Waals surface area contributed by atoms with Crippen LogP contribution in [0.3, 0.4) is 0 Å². The van der Waals surface area contributed by atoms with E-state index in [4.69, 9.17) is 20.9 Å². The van der Waals surface area contributed by atoms with Gasteiger partial charge in [-0.2, -0.15) is 13.2 Å². The smallest absolute Gasteiger partial charge is 0.406 e. The summed E-state index contributed by atoms with van der Waals surface area (Å²) >= 11 is 5.11. The molecule has 0 aliphatic rings. The highest BCUT2D eigenvalue weighted by Gasteiger charge is 2.34. The van der Waals surface area contributed by atoms with E-state index in [1.54, 1.807) is 0 Å². The molecule has 3 nitrogen and oxygen atoms in total. The molecule has 0 saturated heterocycles. The van der Waals surface area contributed by atoms with Crippen LogP contribution in [0.2, 0.25) is 0 Å². The number of rotatable bonds is 8. The van der Waals surface area contributed by atoms with Gasteiger partial charge in [-0.15, -0.1) is 13.2 Å².